The fourth-order valence-corrected chi connectivity index (χ4v) is 6.21. The van der Waals surface area contributed by atoms with Crippen LogP contribution in [0, 0.1) is 11.3 Å². The van der Waals surface area contributed by atoms with Gasteiger partial charge in [0, 0.05) is 57.8 Å². The summed E-state index contributed by atoms with van der Waals surface area (Å²) in [4.78, 5) is 44.8. The first-order valence-electron chi connectivity index (χ1n) is 17.1. The molecule has 0 saturated carbocycles. The number of likely N-dealkylation sites (tertiary alicyclic amines) is 1. The first-order chi connectivity index (χ1) is 22.1. The molecule has 0 radical (unpaired) electrons. The molecule has 4 N–H and O–H groups in total. The van der Waals surface area contributed by atoms with Crippen molar-refractivity contribution in [2.45, 2.75) is 125 Å². The van der Waals surface area contributed by atoms with Crippen LogP contribution >= 0.6 is 0 Å². The third kappa shape index (κ3) is 19.0. The van der Waals surface area contributed by atoms with Crippen molar-refractivity contribution >= 4 is 35.0 Å². The zero-order chi connectivity index (χ0) is 36.6. The van der Waals surface area contributed by atoms with Crippen molar-refractivity contribution in [2.75, 3.05) is 39.8 Å². The third-order valence-electron chi connectivity index (χ3n) is 7.87. The highest BCUT2D eigenvalue weighted by Gasteiger charge is 2.36. The number of aliphatic carboxylic acids is 1. The van der Waals surface area contributed by atoms with Gasteiger partial charge in [-0.05, 0) is 51.4 Å². The van der Waals surface area contributed by atoms with Crippen molar-refractivity contribution < 1.29 is 32.7 Å². The van der Waals surface area contributed by atoms with Crippen molar-refractivity contribution in [3.8, 4) is 0 Å². The van der Waals surface area contributed by atoms with Gasteiger partial charge in [-0.2, -0.15) is 17.0 Å². The smallest absolute Gasteiger partial charge is 0.326 e. The number of hydrogen-bond donors (Lipinski definition) is 4. The average Bonchev–Trinajstić information content (AvgIpc) is 3.43. The molecule has 2 heterocycles. The molecule has 2 rings (SSSR count). The Labute approximate surface area is 285 Å². The SMILES string of the molecule is CC.CCCCC/C=C\C(C)C(NC=O)C(=O)O.CCNC(=O)N[C@H](CN1CCCN(C)S1(=O)=O)C(C)(C)C.C[C@@H]1CCCN1C=O. The summed E-state index contributed by atoms with van der Waals surface area (Å²) in [5, 5.41) is 16.7. The predicted octanol–water partition coefficient (Wildman–Crippen LogP) is 4.21. The number of carbonyl (C=O) groups excluding carboxylic acids is 3. The van der Waals surface area contributed by atoms with Crippen LogP contribution in [0.4, 0.5) is 4.79 Å². The maximum Gasteiger partial charge on any atom is 0.326 e. The lowest BCUT2D eigenvalue weighted by Crippen LogP contribution is -2.57. The molecule has 0 aromatic heterocycles. The van der Waals surface area contributed by atoms with Crippen molar-refractivity contribution in [1.29, 1.82) is 0 Å². The van der Waals surface area contributed by atoms with Gasteiger partial charge in [-0.1, -0.05) is 73.5 Å². The highest BCUT2D eigenvalue weighted by atomic mass is 32.2. The monoisotopic (exact) mass is 690 g/mol. The highest BCUT2D eigenvalue weighted by Crippen LogP contribution is 2.23. The molecule has 0 bridgehead atoms. The molecular weight excluding hydrogens is 624 g/mol. The molecule has 2 fully saturated rings. The second-order valence-electron chi connectivity index (χ2n) is 12.7. The molecule has 2 aliphatic rings. The molecule has 0 aliphatic carbocycles. The predicted molar refractivity (Wildman–Crippen MR) is 189 cm³/mol. The van der Waals surface area contributed by atoms with E-state index in [-0.39, 0.29) is 30.0 Å². The standard InChI is InChI=1S/C13H28N4O3S.C12H21NO3.C6H11NO.C2H6/c1-6-14-12(18)15-11(13(2,3)4)10-17-9-7-8-16(5)21(17,19)20;1-3-4-5-6-7-8-10(2)11(12(15)16)13-9-14;1-6-3-2-4-7(6)5-8;1-2/h11H,6-10H2,1-5H3,(H2,14,15,18);7-11H,3-6H2,1-2H3,(H,13,14)(H,15,16);5-6H,2-4H2,1H3;1-2H3/b;8-7-;;/t11-;;6-;/m1.1./s1. The van der Waals surface area contributed by atoms with Gasteiger partial charge in [0.05, 0.1) is 0 Å². The number of amides is 4. The Kier molecular flexibility index (Phi) is 25.0. The maximum absolute atomic E-state index is 12.3. The summed E-state index contributed by atoms with van der Waals surface area (Å²) in [6, 6.07) is -0.863. The summed E-state index contributed by atoms with van der Waals surface area (Å²) in [6.45, 7) is 20.6. The van der Waals surface area contributed by atoms with E-state index in [1.165, 1.54) is 34.3 Å². The number of carbonyl (C=O) groups is 4. The molecule has 14 heteroatoms. The summed E-state index contributed by atoms with van der Waals surface area (Å²) in [5.41, 5.74) is -0.239. The summed E-state index contributed by atoms with van der Waals surface area (Å²) >= 11 is 0. The molecular formula is C33H66N6O7S. The Morgan fingerprint density at radius 3 is 2.13 bits per heavy atom. The van der Waals surface area contributed by atoms with Crippen molar-refractivity contribution in [3.05, 3.63) is 12.2 Å². The van der Waals surface area contributed by atoms with E-state index in [9.17, 15) is 27.6 Å². The molecule has 0 aromatic rings. The first-order valence-corrected chi connectivity index (χ1v) is 18.5. The number of rotatable bonds is 14. The lowest BCUT2D eigenvalue weighted by molar-refractivity contribution is -0.141. The number of urea groups is 1. The molecule has 276 valence electrons. The zero-order valence-electron chi connectivity index (χ0n) is 30.8. The minimum atomic E-state index is -3.41. The average molecular weight is 691 g/mol. The topological polar surface area (TPSA) is 168 Å². The number of carboxylic acid groups (broad SMARTS) is 1. The van der Waals surface area contributed by atoms with Crippen molar-refractivity contribution in [2.24, 2.45) is 11.3 Å². The van der Waals surface area contributed by atoms with Gasteiger partial charge < -0.3 is 26.0 Å². The molecule has 0 spiro atoms. The molecule has 4 amide bonds. The summed E-state index contributed by atoms with van der Waals surface area (Å²) < 4.78 is 27.4. The van der Waals surface area contributed by atoms with E-state index in [0.717, 1.165) is 32.2 Å². The second-order valence-corrected chi connectivity index (χ2v) is 14.7. The van der Waals surface area contributed by atoms with Gasteiger partial charge in [0.15, 0.2) is 0 Å². The van der Waals surface area contributed by atoms with Crippen LogP contribution in [0.15, 0.2) is 12.2 Å². The van der Waals surface area contributed by atoms with E-state index in [0.29, 0.717) is 32.1 Å². The number of allylic oxidation sites excluding steroid dienone is 1. The Morgan fingerprint density at radius 1 is 1.04 bits per heavy atom. The van der Waals surface area contributed by atoms with Gasteiger partial charge in [0.1, 0.15) is 6.04 Å². The molecule has 4 atom stereocenters. The molecule has 2 aliphatic heterocycles. The van der Waals surface area contributed by atoms with Gasteiger partial charge in [-0.25, -0.2) is 9.59 Å². The molecule has 2 saturated heterocycles. The van der Waals surface area contributed by atoms with E-state index in [2.05, 4.69) is 29.8 Å². The highest BCUT2D eigenvalue weighted by molar-refractivity contribution is 7.86. The molecule has 0 aromatic carbocycles. The number of unbranched alkanes of at least 4 members (excludes halogenated alkanes) is 3. The van der Waals surface area contributed by atoms with Crippen LogP contribution < -0.4 is 16.0 Å². The minimum absolute atomic E-state index is 0.190. The van der Waals surface area contributed by atoms with Crippen LogP contribution in [0.2, 0.25) is 0 Å². The molecule has 2 unspecified atom stereocenters. The lowest BCUT2D eigenvalue weighted by atomic mass is 9.86. The Bertz CT molecular complexity index is 1020. The third-order valence-corrected chi connectivity index (χ3v) is 9.82. The van der Waals surface area contributed by atoms with Gasteiger partial charge in [0.25, 0.3) is 10.2 Å². The minimum Gasteiger partial charge on any atom is -0.480 e. The largest absolute Gasteiger partial charge is 0.480 e. The van der Waals surface area contributed by atoms with Crippen LogP contribution in [0.1, 0.15) is 107 Å². The van der Waals surface area contributed by atoms with Crippen LogP contribution in [0.25, 0.3) is 0 Å². The number of nitrogens with one attached hydrogen (secondary N) is 3. The zero-order valence-corrected chi connectivity index (χ0v) is 31.6. The van der Waals surface area contributed by atoms with Gasteiger partial charge in [0.2, 0.25) is 12.8 Å². The fourth-order valence-electron chi connectivity index (χ4n) is 4.76. The van der Waals surface area contributed by atoms with Crippen LogP contribution in [0.5, 0.6) is 0 Å². The quantitative estimate of drug-likeness (QED) is 0.120. The maximum atomic E-state index is 12.3. The number of nitrogens with zero attached hydrogens (tertiary/aromatic N) is 3. The van der Waals surface area contributed by atoms with Gasteiger partial charge >= 0.3 is 12.0 Å². The van der Waals surface area contributed by atoms with Crippen molar-refractivity contribution in [3.63, 3.8) is 0 Å². The molecule has 13 nitrogen and oxygen atoms in total. The Hall–Kier alpha value is -2.71. The van der Waals surface area contributed by atoms with Crippen molar-refractivity contribution in [1.82, 2.24) is 29.5 Å². The van der Waals surface area contributed by atoms with Crippen LogP contribution in [-0.4, -0.2) is 110 Å². The fraction of sp³-hybridized carbons (Fsp3) is 0.818. The second kappa shape index (κ2) is 25.3. The van der Waals surface area contributed by atoms with E-state index in [1.807, 2.05) is 58.6 Å². The number of carboxylic acids is 1. The van der Waals surface area contributed by atoms with E-state index in [1.54, 1.807) is 14.0 Å². The Balaban J connectivity index is 0. The van der Waals surface area contributed by atoms with E-state index in [4.69, 9.17) is 5.11 Å². The summed E-state index contributed by atoms with van der Waals surface area (Å²) in [5.74, 6) is -1.19. The number of hydrogen-bond acceptors (Lipinski definition) is 6. The van der Waals surface area contributed by atoms with Crippen LogP contribution in [0.3, 0.4) is 0 Å². The summed E-state index contributed by atoms with van der Waals surface area (Å²) in [7, 11) is -1.82. The van der Waals surface area contributed by atoms with E-state index >= 15 is 0 Å². The van der Waals surface area contributed by atoms with E-state index < -0.39 is 22.2 Å². The lowest BCUT2D eigenvalue weighted by Gasteiger charge is -2.38. The Morgan fingerprint density at radius 2 is 1.68 bits per heavy atom. The van der Waals surface area contributed by atoms with Crippen LogP contribution in [-0.2, 0) is 24.6 Å². The summed E-state index contributed by atoms with van der Waals surface area (Å²) in [6.07, 6.45) is 12.8. The van der Waals surface area contributed by atoms with Gasteiger partial charge in [-0.3, -0.25) is 9.59 Å². The normalized spacial score (nSPS) is 19.7. The molecule has 47 heavy (non-hydrogen) atoms. The van der Waals surface area contributed by atoms with Gasteiger partial charge in [-0.15, -0.1) is 0 Å². The first kappa shape index (κ1) is 46.4.